The van der Waals surface area contributed by atoms with Gasteiger partial charge in [-0.1, -0.05) is 0 Å². The van der Waals surface area contributed by atoms with E-state index in [2.05, 4.69) is 10.1 Å². The second-order valence-electron chi connectivity index (χ2n) is 5.41. The summed E-state index contributed by atoms with van der Waals surface area (Å²) in [5, 5.41) is 2.63. The van der Waals surface area contributed by atoms with Crippen LogP contribution < -0.4 is 24.3 Å². The van der Waals surface area contributed by atoms with Crippen molar-refractivity contribution in [3.63, 3.8) is 0 Å². The number of methoxy groups -OCH3 is 1. The van der Waals surface area contributed by atoms with E-state index in [0.717, 1.165) is 6.42 Å². The Morgan fingerprint density at radius 1 is 1.08 bits per heavy atom. The molecule has 26 heavy (non-hydrogen) atoms. The zero-order valence-corrected chi connectivity index (χ0v) is 14.0. The summed E-state index contributed by atoms with van der Waals surface area (Å²) in [7, 11) is 1.34. The highest BCUT2D eigenvalue weighted by Gasteiger charge is 2.16. The molecular weight excluding hydrogens is 348 g/mol. The Morgan fingerprint density at radius 3 is 2.58 bits per heavy atom. The predicted molar refractivity (Wildman–Crippen MR) is 89.6 cm³/mol. The number of carbonyl (C=O) groups is 1. The highest BCUT2D eigenvalue weighted by atomic mass is 19.3. The van der Waals surface area contributed by atoms with Crippen LogP contribution in [0.25, 0.3) is 0 Å². The molecule has 0 bridgehead atoms. The Bertz CT molecular complexity index is 797. The van der Waals surface area contributed by atoms with Crippen LogP contribution in [0, 0.1) is 0 Å². The highest BCUT2D eigenvalue weighted by molar-refractivity contribution is 6.04. The monoisotopic (exact) mass is 365 g/mol. The van der Waals surface area contributed by atoms with Gasteiger partial charge in [0.15, 0.2) is 23.0 Å². The zero-order chi connectivity index (χ0) is 18.5. The first-order valence-electron chi connectivity index (χ1n) is 7.90. The third-order valence-electron chi connectivity index (χ3n) is 3.65. The minimum atomic E-state index is -3.00. The normalized spacial score (nSPS) is 13.1. The number of benzene rings is 2. The van der Waals surface area contributed by atoms with Crippen LogP contribution in [0.3, 0.4) is 0 Å². The summed E-state index contributed by atoms with van der Waals surface area (Å²) in [6, 6.07) is 9.07. The van der Waals surface area contributed by atoms with Crippen molar-refractivity contribution < 1.29 is 32.5 Å². The van der Waals surface area contributed by atoms with E-state index in [1.165, 1.54) is 25.3 Å². The van der Waals surface area contributed by atoms with Crippen molar-refractivity contribution in [3.05, 3.63) is 42.0 Å². The molecule has 6 nitrogen and oxygen atoms in total. The molecule has 1 aliphatic heterocycles. The van der Waals surface area contributed by atoms with Crippen LogP contribution in [0.1, 0.15) is 16.8 Å². The SMILES string of the molecule is COc1ccc(NC(=O)c2ccc3c(c2)OCCCO3)cc1OC(F)F. The second-order valence-corrected chi connectivity index (χ2v) is 5.41. The van der Waals surface area contributed by atoms with Crippen molar-refractivity contribution >= 4 is 11.6 Å². The fraction of sp³-hybridized carbons (Fsp3) is 0.278. The minimum Gasteiger partial charge on any atom is -0.493 e. The van der Waals surface area contributed by atoms with Crippen LogP contribution in [0.2, 0.25) is 0 Å². The van der Waals surface area contributed by atoms with E-state index in [1.54, 1.807) is 18.2 Å². The summed E-state index contributed by atoms with van der Waals surface area (Å²) in [4.78, 5) is 12.4. The molecule has 138 valence electrons. The molecule has 8 heteroatoms. The van der Waals surface area contributed by atoms with Gasteiger partial charge < -0.3 is 24.3 Å². The van der Waals surface area contributed by atoms with Gasteiger partial charge in [-0.3, -0.25) is 4.79 Å². The molecule has 0 atom stereocenters. The van der Waals surface area contributed by atoms with Gasteiger partial charge in [-0.15, -0.1) is 0 Å². The van der Waals surface area contributed by atoms with Gasteiger partial charge in [-0.05, 0) is 30.3 Å². The number of ether oxygens (including phenoxy) is 4. The lowest BCUT2D eigenvalue weighted by Crippen LogP contribution is -2.12. The Labute approximate surface area is 148 Å². The quantitative estimate of drug-likeness (QED) is 0.875. The summed E-state index contributed by atoms with van der Waals surface area (Å²) in [6.45, 7) is -1.95. The van der Waals surface area contributed by atoms with Gasteiger partial charge in [0, 0.05) is 23.7 Å². The summed E-state index contributed by atoms with van der Waals surface area (Å²) >= 11 is 0. The first-order valence-corrected chi connectivity index (χ1v) is 7.90. The Morgan fingerprint density at radius 2 is 1.85 bits per heavy atom. The van der Waals surface area contributed by atoms with E-state index in [-0.39, 0.29) is 11.5 Å². The summed E-state index contributed by atoms with van der Waals surface area (Å²) in [5.74, 6) is 0.620. The standard InChI is InChI=1S/C18H17F2NO5/c1-23-13-6-4-12(10-16(13)26-18(19)20)21-17(22)11-3-5-14-15(9-11)25-8-2-7-24-14/h3-6,9-10,18H,2,7-8H2,1H3,(H,21,22). The van der Waals surface area contributed by atoms with Gasteiger partial charge in [0.05, 0.1) is 20.3 Å². The van der Waals surface area contributed by atoms with E-state index in [9.17, 15) is 13.6 Å². The van der Waals surface area contributed by atoms with Crippen LogP contribution in [0.15, 0.2) is 36.4 Å². The largest absolute Gasteiger partial charge is 0.493 e. The smallest absolute Gasteiger partial charge is 0.387 e. The highest BCUT2D eigenvalue weighted by Crippen LogP contribution is 2.33. The van der Waals surface area contributed by atoms with Gasteiger partial charge in [-0.2, -0.15) is 8.78 Å². The maximum atomic E-state index is 12.5. The molecule has 3 rings (SSSR count). The summed E-state index contributed by atoms with van der Waals surface area (Å²) < 4.78 is 45.4. The zero-order valence-electron chi connectivity index (χ0n) is 14.0. The maximum absolute atomic E-state index is 12.5. The average molecular weight is 365 g/mol. The molecule has 1 heterocycles. The van der Waals surface area contributed by atoms with Crippen molar-refractivity contribution in [2.75, 3.05) is 25.6 Å². The predicted octanol–water partition coefficient (Wildman–Crippen LogP) is 3.71. The van der Waals surface area contributed by atoms with Crippen molar-refractivity contribution in [2.24, 2.45) is 0 Å². The van der Waals surface area contributed by atoms with E-state index in [0.29, 0.717) is 36.0 Å². The first-order chi connectivity index (χ1) is 12.6. The number of hydrogen-bond donors (Lipinski definition) is 1. The molecule has 0 fully saturated rings. The van der Waals surface area contributed by atoms with Gasteiger partial charge in [0.2, 0.25) is 0 Å². The van der Waals surface area contributed by atoms with Gasteiger partial charge >= 0.3 is 6.61 Å². The number of fused-ring (bicyclic) bond motifs is 1. The van der Waals surface area contributed by atoms with Crippen molar-refractivity contribution in [3.8, 4) is 23.0 Å². The molecule has 0 radical (unpaired) electrons. The summed E-state index contributed by atoms with van der Waals surface area (Å²) in [6.07, 6.45) is 0.759. The van der Waals surface area contributed by atoms with Crippen LogP contribution in [-0.4, -0.2) is 32.8 Å². The number of amides is 1. The molecule has 0 aliphatic carbocycles. The third kappa shape index (κ3) is 4.14. The van der Waals surface area contributed by atoms with Crippen LogP contribution in [0.5, 0.6) is 23.0 Å². The lowest BCUT2D eigenvalue weighted by atomic mass is 10.1. The van der Waals surface area contributed by atoms with E-state index < -0.39 is 12.5 Å². The van der Waals surface area contributed by atoms with E-state index >= 15 is 0 Å². The van der Waals surface area contributed by atoms with Gasteiger partial charge in [0.25, 0.3) is 5.91 Å². The molecule has 0 saturated carbocycles. The number of alkyl halides is 2. The topological polar surface area (TPSA) is 66.0 Å². The maximum Gasteiger partial charge on any atom is 0.387 e. The molecule has 2 aromatic rings. The molecule has 1 N–H and O–H groups in total. The third-order valence-corrected chi connectivity index (χ3v) is 3.65. The lowest BCUT2D eigenvalue weighted by Gasteiger charge is -2.13. The number of anilines is 1. The Balaban J connectivity index is 1.78. The van der Waals surface area contributed by atoms with Crippen LogP contribution >= 0.6 is 0 Å². The molecule has 0 unspecified atom stereocenters. The molecule has 1 aliphatic rings. The first kappa shape index (κ1) is 17.8. The molecule has 0 spiro atoms. The second kappa shape index (κ2) is 7.90. The molecule has 1 amide bonds. The van der Waals surface area contributed by atoms with Crippen LogP contribution in [0.4, 0.5) is 14.5 Å². The molecule has 0 saturated heterocycles. The van der Waals surface area contributed by atoms with Crippen molar-refractivity contribution in [2.45, 2.75) is 13.0 Å². The van der Waals surface area contributed by atoms with Crippen molar-refractivity contribution in [1.82, 2.24) is 0 Å². The average Bonchev–Trinajstić information content (AvgIpc) is 2.86. The fourth-order valence-electron chi connectivity index (χ4n) is 2.45. The number of nitrogens with one attached hydrogen (secondary N) is 1. The van der Waals surface area contributed by atoms with Crippen LogP contribution in [-0.2, 0) is 0 Å². The lowest BCUT2D eigenvalue weighted by molar-refractivity contribution is -0.0511. The number of halogens is 2. The molecule has 2 aromatic carbocycles. The molecular formula is C18H17F2NO5. The van der Waals surface area contributed by atoms with Gasteiger partial charge in [-0.25, -0.2) is 0 Å². The number of hydrogen-bond acceptors (Lipinski definition) is 5. The fourth-order valence-corrected chi connectivity index (χ4v) is 2.45. The van der Waals surface area contributed by atoms with Crippen molar-refractivity contribution in [1.29, 1.82) is 0 Å². The Kier molecular flexibility index (Phi) is 5.40. The summed E-state index contributed by atoms with van der Waals surface area (Å²) in [5.41, 5.74) is 0.639. The number of carbonyl (C=O) groups excluding carboxylic acids is 1. The Hall–Kier alpha value is -3.03. The molecule has 0 aromatic heterocycles. The van der Waals surface area contributed by atoms with E-state index in [4.69, 9.17) is 14.2 Å². The number of rotatable bonds is 5. The minimum absolute atomic E-state index is 0.138. The van der Waals surface area contributed by atoms with E-state index in [1.807, 2.05) is 0 Å². The van der Waals surface area contributed by atoms with Gasteiger partial charge in [0.1, 0.15) is 0 Å².